The highest BCUT2D eigenvalue weighted by Gasteiger charge is 2.81. The van der Waals surface area contributed by atoms with Gasteiger partial charge in [-0.1, -0.05) is 29.9 Å². The zero-order valence-electron chi connectivity index (χ0n) is 28.2. The van der Waals surface area contributed by atoms with Gasteiger partial charge in [0, 0.05) is 40.9 Å². The van der Waals surface area contributed by atoms with Gasteiger partial charge in [-0.25, -0.2) is 0 Å². The van der Waals surface area contributed by atoms with E-state index in [0.29, 0.717) is 60.4 Å². The van der Waals surface area contributed by atoms with E-state index in [9.17, 15) is 24.6 Å². The lowest BCUT2D eigenvalue weighted by molar-refractivity contribution is -0.171. The van der Waals surface area contributed by atoms with Crippen LogP contribution in [0.1, 0.15) is 102 Å². The molecule has 3 heterocycles. The highest BCUT2D eigenvalue weighted by atomic mass is 16.6. The van der Waals surface area contributed by atoms with Gasteiger partial charge in [0.05, 0.1) is 5.60 Å². The molecule has 6 bridgehead atoms. The van der Waals surface area contributed by atoms with Crippen molar-refractivity contribution in [1.82, 2.24) is 0 Å². The molecule has 9 nitrogen and oxygen atoms in total. The Morgan fingerprint density at radius 1 is 1.11 bits per heavy atom. The van der Waals surface area contributed by atoms with Crippen LogP contribution in [-0.2, 0) is 25.5 Å². The van der Waals surface area contributed by atoms with Crippen LogP contribution in [0.2, 0.25) is 0 Å². The van der Waals surface area contributed by atoms with Crippen LogP contribution in [0.4, 0.5) is 0 Å². The number of phenolic OH excluding ortho intramolecular Hbond substituents is 1. The van der Waals surface area contributed by atoms with Crippen molar-refractivity contribution in [2.45, 2.75) is 115 Å². The molecule has 9 heteroatoms. The molecule has 1 aromatic carbocycles. The molecule has 7 aliphatic rings. The maximum atomic E-state index is 15.0. The van der Waals surface area contributed by atoms with E-state index in [2.05, 4.69) is 6.58 Å². The predicted octanol–water partition coefficient (Wildman–Crippen LogP) is 5.96. The number of aliphatic hydroxyl groups excluding tert-OH is 1. The van der Waals surface area contributed by atoms with Crippen LogP contribution < -0.4 is 9.47 Å². The van der Waals surface area contributed by atoms with Gasteiger partial charge in [-0.2, -0.15) is 0 Å². The molecule has 3 aliphatic heterocycles. The number of allylic oxidation sites excluding steroid dienone is 5. The Kier molecular flexibility index (Phi) is 6.89. The molecule has 0 aromatic heterocycles. The number of aliphatic hydroxyl groups is 1. The summed E-state index contributed by atoms with van der Waals surface area (Å²) in [4.78, 5) is 40.5. The predicted molar refractivity (Wildman–Crippen MR) is 172 cm³/mol. The van der Waals surface area contributed by atoms with Gasteiger partial charge in [-0.05, 0) is 86.1 Å². The largest absolute Gasteiger partial charge is 0.507 e. The number of hydrogen-bond acceptors (Lipinski definition) is 9. The number of ketones is 2. The zero-order valence-corrected chi connectivity index (χ0v) is 28.2. The van der Waals surface area contributed by atoms with Gasteiger partial charge >= 0.3 is 0 Å². The Balaban J connectivity index is 1.52. The van der Waals surface area contributed by atoms with Crippen LogP contribution in [0.5, 0.6) is 17.2 Å². The minimum Gasteiger partial charge on any atom is -0.507 e. The third-order valence-electron chi connectivity index (χ3n) is 11.9. The maximum absolute atomic E-state index is 15.0. The van der Waals surface area contributed by atoms with Crippen molar-refractivity contribution in [3.05, 3.63) is 64.0 Å². The molecule has 2 saturated carbocycles. The van der Waals surface area contributed by atoms with Gasteiger partial charge in [0.2, 0.25) is 0 Å². The van der Waals surface area contributed by atoms with Crippen LogP contribution >= 0.6 is 0 Å². The monoisotopic (exact) mass is 644 g/mol. The number of carbonyl (C=O) groups is 3. The summed E-state index contributed by atoms with van der Waals surface area (Å²) < 4.78 is 25.8. The van der Waals surface area contributed by atoms with Gasteiger partial charge in [0.25, 0.3) is 6.47 Å². The number of aromatic hydroxyl groups is 1. The minimum atomic E-state index is -1.58. The summed E-state index contributed by atoms with van der Waals surface area (Å²) in [5.74, 6) is -1.62. The van der Waals surface area contributed by atoms with Crippen LogP contribution in [0.3, 0.4) is 0 Å². The molecule has 3 fully saturated rings. The van der Waals surface area contributed by atoms with E-state index in [0.717, 1.165) is 11.1 Å². The smallest absolute Gasteiger partial charge is 0.298 e. The SMILES string of the molecule is C=C(C)C1CC[C@@]2(C)Oc3c(CC=C(C)C)c4c(c(O)c3[C@@H]1[C@@H]2O)C(=O)C1=CC2CC3C(C)(C)OC(C/C=C(/C)OC=O)(C2=O)[C@@]13O4. The molecule has 0 amide bonds. The summed E-state index contributed by atoms with van der Waals surface area (Å²) in [6, 6.07) is 0. The lowest BCUT2D eigenvalue weighted by atomic mass is 9.51. The standard InChI is InChI=1S/C38H44O9/c1-18(2)9-10-23-31-27(26-22(19(3)4)12-13-36(8,45-31)34(26)43)30(41)28-29(40)24-15-21-16-25-35(6,7)47-37(33(21)42,14-11-20(5)44-17-39)38(24,25)46-32(23)28/h9,11,15,17,21-22,25-26,34,41,43H,3,10,12-14,16H2,1-2,4-8H3/b20-11-/t21?,22?,25?,26-,34+,36-,37?,38-/m1/s1. The second-order valence-electron chi connectivity index (χ2n) is 15.4. The molecule has 250 valence electrons. The average molecular weight is 645 g/mol. The molecule has 4 aliphatic carbocycles. The molecule has 1 spiro atoms. The first-order valence-corrected chi connectivity index (χ1v) is 16.6. The molecule has 47 heavy (non-hydrogen) atoms. The van der Waals surface area contributed by atoms with Crippen molar-refractivity contribution in [2.24, 2.45) is 17.8 Å². The molecule has 2 N–H and O–H groups in total. The first-order valence-electron chi connectivity index (χ1n) is 16.6. The van der Waals surface area contributed by atoms with Gasteiger partial charge in [0.15, 0.2) is 22.8 Å². The lowest BCUT2D eigenvalue weighted by Gasteiger charge is -2.57. The molecular weight excluding hydrogens is 600 g/mol. The van der Waals surface area contributed by atoms with Crippen molar-refractivity contribution in [2.75, 3.05) is 0 Å². The first kappa shape index (κ1) is 31.9. The third-order valence-corrected chi connectivity index (χ3v) is 11.9. The molecular formula is C38H44O9. The summed E-state index contributed by atoms with van der Waals surface area (Å²) in [6.45, 7) is 17.8. The fourth-order valence-electron chi connectivity index (χ4n) is 9.67. The fraction of sp³-hybridized carbons (Fsp3) is 0.553. The molecule has 0 radical (unpaired) electrons. The average Bonchev–Trinajstić information content (AvgIpc) is 3.14. The number of fused-ring (bicyclic) bond motifs is 5. The number of rotatable bonds is 7. The van der Waals surface area contributed by atoms with E-state index >= 15 is 0 Å². The maximum Gasteiger partial charge on any atom is 0.298 e. The molecule has 1 aromatic rings. The Morgan fingerprint density at radius 2 is 1.83 bits per heavy atom. The molecule has 8 atom stereocenters. The number of carbonyl (C=O) groups excluding carboxylic acids is 3. The Labute approximate surface area is 275 Å². The normalized spacial score (nSPS) is 37.1. The molecule has 1 saturated heterocycles. The van der Waals surface area contributed by atoms with E-state index < -0.39 is 46.1 Å². The van der Waals surface area contributed by atoms with E-state index in [1.54, 1.807) is 19.1 Å². The lowest BCUT2D eigenvalue weighted by Crippen LogP contribution is -2.72. The molecule has 8 rings (SSSR count). The molecule has 4 unspecified atom stereocenters. The third kappa shape index (κ3) is 3.99. The van der Waals surface area contributed by atoms with Crippen LogP contribution in [0.15, 0.2) is 47.3 Å². The van der Waals surface area contributed by atoms with Crippen LogP contribution in [0.25, 0.3) is 0 Å². The van der Waals surface area contributed by atoms with E-state index in [1.807, 2.05) is 47.6 Å². The summed E-state index contributed by atoms with van der Waals surface area (Å²) in [5.41, 5.74) is -1.64. The number of Topliss-reactive ketones (excluding diaryl/α,β-unsaturated/α-hetero) is 2. The summed E-state index contributed by atoms with van der Waals surface area (Å²) in [5, 5.41) is 23.9. The second kappa shape index (κ2) is 10.2. The van der Waals surface area contributed by atoms with Gasteiger partial charge in [0.1, 0.15) is 40.3 Å². The van der Waals surface area contributed by atoms with Crippen molar-refractivity contribution < 1.29 is 43.5 Å². The topological polar surface area (TPSA) is 129 Å². The zero-order chi connectivity index (χ0) is 34.0. The fourth-order valence-corrected chi connectivity index (χ4v) is 9.67. The Morgan fingerprint density at radius 3 is 2.49 bits per heavy atom. The van der Waals surface area contributed by atoms with E-state index in [4.69, 9.17) is 18.9 Å². The highest BCUT2D eigenvalue weighted by Crippen LogP contribution is 2.69. The van der Waals surface area contributed by atoms with E-state index in [-0.39, 0.29) is 41.1 Å². The van der Waals surface area contributed by atoms with Gasteiger partial charge in [-0.15, -0.1) is 0 Å². The van der Waals surface area contributed by atoms with Crippen molar-refractivity contribution >= 4 is 18.0 Å². The van der Waals surface area contributed by atoms with Crippen LogP contribution in [0, 0.1) is 17.8 Å². The number of phenols is 1. The quantitative estimate of drug-likeness (QED) is 0.210. The summed E-state index contributed by atoms with van der Waals surface area (Å²) in [6.07, 6.45) is 6.51. The van der Waals surface area contributed by atoms with Crippen molar-refractivity contribution in [3.8, 4) is 17.2 Å². The van der Waals surface area contributed by atoms with Crippen LogP contribution in [-0.4, -0.2) is 56.8 Å². The minimum absolute atomic E-state index is 0.0191. The number of ether oxygens (including phenoxy) is 4. The summed E-state index contributed by atoms with van der Waals surface area (Å²) in [7, 11) is 0. The highest BCUT2D eigenvalue weighted by molar-refractivity contribution is 6.18. The number of benzene rings is 1. The van der Waals surface area contributed by atoms with Gasteiger partial charge in [-0.3, -0.25) is 14.4 Å². The van der Waals surface area contributed by atoms with Crippen molar-refractivity contribution in [1.29, 1.82) is 0 Å². The number of hydrogen-bond donors (Lipinski definition) is 2. The Bertz CT molecular complexity index is 1740. The summed E-state index contributed by atoms with van der Waals surface area (Å²) >= 11 is 0. The second-order valence-corrected chi connectivity index (χ2v) is 15.4. The van der Waals surface area contributed by atoms with Gasteiger partial charge < -0.3 is 29.2 Å². The van der Waals surface area contributed by atoms with Crippen molar-refractivity contribution in [3.63, 3.8) is 0 Å². The Hall–Kier alpha value is -3.69. The first-order chi connectivity index (χ1) is 22.0. The van der Waals surface area contributed by atoms with E-state index in [1.165, 1.54) is 0 Å².